The first kappa shape index (κ1) is 14.3. The molecule has 6 nitrogen and oxygen atoms in total. The molecule has 1 atom stereocenters. The van der Waals surface area contributed by atoms with Gasteiger partial charge in [-0.1, -0.05) is 0 Å². The van der Waals surface area contributed by atoms with E-state index in [0.29, 0.717) is 0 Å². The molecular weight excluding hydrogens is 222 g/mol. The average Bonchev–Trinajstić information content (AvgIpc) is 2.13. The van der Waals surface area contributed by atoms with Crippen LogP contribution in [0.15, 0.2) is 0 Å². The molecule has 0 saturated heterocycles. The third kappa shape index (κ3) is 8.34. The molecule has 7 heteroatoms. The second-order valence-corrected chi connectivity index (χ2v) is 5.00. The second kappa shape index (κ2) is 6.76. The van der Waals surface area contributed by atoms with Gasteiger partial charge in [-0.3, -0.25) is 4.79 Å². The lowest BCUT2D eigenvalue weighted by atomic mass is 10.4. The molecule has 0 spiro atoms. The van der Waals surface area contributed by atoms with Gasteiger partial charge in [0, 0.05) is 6.54 Å². The highest BCUT2D eigenvalue weighted by molar-refractivity contribution is 7.89. The summed E-state index contributed by atoms with van der Waals surface area (Å²) >= 11 is 0. The van der Waals surface area contributed by atoms with Crippen molar-refractivity contribution in [3.8, 4) is 0 Å². The maximum atomic E-state index is 11.2. The smallest absolute Gasteiger partial charge is 0.306 e. The summed E-state index contributed by atoms with van der Waals surface area (Å²) in [5, 5.41) is 8.86. The van der Waals surface area contributed by atoms with Crippen molar-refractivity contribution in [2.24, 2.45) is 0 Å². The molecule has 2 N–H and O–H groups in total. The fourth-order valence-corrected chi connectivity index (χ4v) is 1.85. The molecule has 0 heterocycles. The van der Waals surface area contributed by atoms with Crippen molar-refractivity contribution in [1.82, 2.24) is 4.72 Å². The highest BCUT2D eigenvalue weighted by Crippen LogP contribution is 1.93. The first-order valence-corrected chi connectivity index (χ1v) is 6.33. The van der Waals surface area contributed by atoms with Crippen molar-refractivity contribution in [1.29, 1.82) is 0 Å². The molecule has 0 aliphatic rings. The largest absolute Gasteiger partial charge is 0.466 e. The van der Waals surface area contributed by atoms with Crippen molar-refractivity contribution in [2.45, 2.75) is 26.4 Å². The summed E-state index contributed by atoms with van der Waals surface area (Å²) in [6.45, 7) is 3.30. The van der Waals surface area contributed by atoms with Crippen LogP contribution in [-0.4, -0.2) is 44.5 Å². The highest BCUT2D eigenvalue weighted by Gasteiger charge is 2.14. The number of ether oxygens (including phenoxy) is 1. The third-order valence-electron chi connectivity index (χ3n) is 1.48. The number of carbonyl (C=O) groups is 1. The Kier molecular flexibility index (Phi) is 6.46. The molecular formula is C8H17NO5S. The van der Waals surface area contributed by atoms with Crippen LogP contribution in [0.3, 0.4) is 0 Å². The highest BCUT2D eigenvalue weighted by atomic mass is 32.2. The fourth-order valence-electron chi connectivity index (χ4n) is 0.771. The predicted molar refractivity (Wildman–Crippen MR) is 54.7 cm³/mol. The number of aliphatic hydroxyl groups excluding tert-OH is 1. The van der Waals surface area contributed by atoms with E-state index in [4.69, 9.17) is 5.11 Å². The fraction of sp³-hybridized carbons (Fsp3) is 0.875. The summed E-state index contributed by atoms with van der Waals surface area (Å²) in [5.74, 6) is -0.863. The minimum atomic E-state index is -3.50. The molecule has 0 aromatic rings. The second-order valence-electron chi connectivity index (χ2n) is 3.07. The van der Waals surface area contributed by atoms with E-state index in [1.165, 1.54) is 6.92 Å². The van der Waals surface area contributed by atoms with E-state index in [-0.39, 0.29) is 25.3 Å². The standard InChI is InChI=1S/C8H17NO5S/c1-3-14-8(11)4-5-15(12,13)9-6-7(2)10/h7,9-10H,3-6H2,1-2H3/t7-/m0/s1. The Morgan fingerprint density at radius 1 is 1.53 bits per heavy atom. The van der Waals surface area contributed by atoms with Gasteiger partial charge in [-0.2, -0.15) is 0 Å². The van der Waals surface area contributed by atoms with E-state index in [9.17, 15) is 13.2 Å². The molecule has 0 aromatic carbocycles. The Balaban J connectivity index is 3.89. The van der Waals surface area contributed by atoms with Crippen molar-refractivity contribution in [3.63, 3.8) is 0 Å². The van der Waals surface area contributed by atoms with Gasteiger partial charge in [-0.05, 0) is 13.8 Å². The molecule has 0 aliphatic carbocycles. The van der Waals surface area contributed by atoms with Crippen LogP contribution in [0.25, 0.3) is 0 Å². The number of carbonyl (C=O) groups excluding carboxylic acids is 1. The minimum absolute atomic E-state index is 0.0504. The number of aliphatic hydroxyl groups is 1. The van der Waals surface area contributed by atoms with Gasteiger partial charge in [0.25, 0.3) is 0 Å². The van der Waals surface area contributed by atoms with Crippen LogP contribution in [0.1, 0.15) is 20.3 Å². The van der Waals surface area contributed by atoms with Crippen molar-refractivity contribution in [3.05, 3.63) is 0 Å². The van der Waals surface area contributed by atoms with Crippen molar-refractivity contribution < 1.29 is 23.1 Å². The van der Waals surface area contributed by atoms with Gasteiger partial charge in [0.2, 0.25) is 10.0 Å². The molecule has 90 valence electrons. The molecule has 0 radical (unpaired) electrons. The molecule has 0 saturated carbocycles. The zero-order chi connectivity index (χ0) is 11.9. The van der Waals surface area contributed by atoms with E-state index in [2.05, 4.69) is 9.46 Å². The number of nitrogens with one attached hydrogen (secondary N) is 1. The Hall–Kier alpha value is -0.660. The number of hydrogen-bond donors (Lipinski definition) is 2. The molecule has 0 unspecified atom stereocenters. The Labute approximate surface area is 89.7 Å². The Morgan fingerprint density at radius 3 is 2.60 bits per heavy atom. The summed E-state index contributed by atoms with van der Waals surface area (Å²) in [6, 6.07) is 0. The van der Waals surface area contributed by atoms with Gasteiger partial charge in [-0.25, -0.2) is 13.1 Å². The van der Waals surface area contributed by atoms with Crippen LogP contribution in [0.5, 0.6) is 0 Å². The molecule has 0 aromatic heterocycles. The number of rotatable bonds is 7. The Morgan fingerprint density at radius 2 is 2.13 bits per heavy atom. The summed E-state index contributed by atoms with van der Waals surface area (Å²) in [7, 11) is -3.50. The quantitative estimate of drug-likeness (QED) is 0.570. The van der Waals surface area contributed by atoms with Gasteiger partial charge in [0.05, 0.1) is 24.9 Å². The minimum Gasteiger partial charge on any atom is -0.466 e. The van der Waals surface area contributed by atoms with Crippen LogP contribution in [0, 0.1) is 0 Å². The SMILES string of the molecule is CCOC(=O)CCS(=O)(=O)NC[C@H](C)O. The van der Waals surface area contributed by atoms with Crippen molar-refractivity contribution in [2.75, 3.05) is 18.9 Å². The van der Waals surface area contributed by atoms with Crippen LogP contribution >= 0.6 is 0 Å². The van der Waals surface area contributed by atoms with E-state index < -0.39 is 22.1 Å². The van der Waals surface area contributed by atoms with E-state index in [1.54, 1.807) is 6.92 Å². The van der Waals surface area contributed by atoms with Gasteiger partial charge < -0.3 is 9.84 Å². The van der Waals surface area contributed by atoms with Crippen LogP contribution < -0.4 is 4.72 Å². The lowest BCUT2D eigenvalue weighted by molar-refractivity contribution is -0.142. The summed E-state index contributed by atoms with van der Waals surface area (Å²) < 4.78 is 29.2. The first-order valence-electron chi connectivity index (χ1n) is 4.68. The normalized spacial score (nSPS) is 13.5. The summed E-state index contributed by atoms with van der Waals surface area (Å²) in [6.07, 6.45) is -0.925. The van der Waals surface area contributed by atoms with E-state index in [1.807, 2.05) is 0 Å². The number of hydrogen-bond acceptors (Lipinski definition) is 5. The van der Waals surface area contributed by atoms with Crippen LogP contribution in [0.2, 0.25) is 0 Å². The monoisotopic (exact) mass is 239 g/mol. The predicted octanol–water partition coefficient (Wildman–Crippen LogP) is -0.760. The average molecular weight is 239 g/mol. The zero-order valence-electron chi connectivity index (χ0n) is 8.89. The maximum absolute atomic E-state index is 11.2. The van der Waals surface area contributed by atoms with Gasteiger partial charge in [0.15, 0.2) is 0 Å². The molecule has 0 fully saturated rings. The molecule has 15 heavy (non-hydrogen) atoms. The summed E-state index contributed by atoms with van der Waals surface area (Å²) in [4.78, 5) is 10.9. The Bertz CT molecular complexity index is 285. The molecule has 0 rings (SSSR count). The van der Waals surface area contributed by atoms with Gasteiger partial charge in [-0.15, -0.1) is 0 Å². The van der Waals surface area contributed by atoms with Crippen LogP contribution in [0.4, 0.5) is 0 Å². The first-order chi connectivity index (χ1) is 6.87. The summed E-state index contributed by atoms with van der Waals surface area (Å²) in [5.41, 5.74) is 0. The molecule has 0 amide bonds. The number of esters is 1. The van der Waals surface area contributed by atoms with Crippen molar-refractivity contribution >= 4 is 16.0 Å². The number of sulfonamides is 1. The van der Waals surface area contributed by atoms with Gasteiger partial charge >= 0.3 is 5.97 Å². The lowest BCUT2D eigenvalue weighted by Gasteiger charge is -2.07. The van der Waals surface area contributed by atoms with E-state index >= 15 is 0 Å². The topological polar surface area (TPSA) is 92.7 Å². The third-order valence-corrected chi connectivity index (χ3v) is 2.83. The lowest BCUT2D eigenvalue weighted by Crippen LogP contribution is -2.33. The van der Waals surface area contributed by atoms with Gasteiger partial charge in [0.1, 0.15) is 0 Å². The van der Waals surface area contributed by atoms with Crippen LogP contribution in [-0.2, 0) is 19.6 Å². The zero-order valence-corrected chi connectivity index (χ0v) is 9.71. The van der Waals surface area contributed by atoms with E-state index in [0.717, 1.165) is 0 Å². The molecule has 0 bridgehead atoms. The molecule has 0 aliphatic heterocycles. The maximum Gasteiger partial charge on any atom is 0.306 e.